The van der Waals surface area contributed by atoms with Crippen LogP contribution < -0.4 is 16.0 Å². The number of sulfonamides is 1. The second kappa shape index (κ2) is 9.60. The molecule has 0 aliphatic heterocycles. The fourth-order valence-electron chi connectivity index (χ4n) is 2.66. The van der Waals surface area contributed by atoms with Crippen LogP contribution in [-0.2, 0) is 14.8 Å². The third kappa shape index (κ3) is 5.41. The standard InChI is InChI=1S/C17H16N8O4S4/c1-2-30-17-24-23-16(32-17)20-12(26)8-31-15-21-13-11(14(27)22-15)7-19-25(13)9-3-5-10(6-4-9)33(18,28)29/h3-7H,2,8H2,1H3,(H2,18,28,29)(H,20,23,26)(H,21,22,27). The van der Waals surface area contributed by atoms with Gasteiger partial charge in [0.05, 0.1) is 22.5 Å². The summed E-state index contributed by atoms with van der Waals surface area (Å²) in [6.45, 7) is 2.00. The molecular formula is C17H16N8O4S4. The molecule has 16 heteroatoms. The number of amides is 1. The number of nitrogens with two attached hydrogens (primary N) is 1. The molecule has 1 amide bonds. The SMILES string of the molecule is CCSc1nnc(NC(=O)CSc2nc3c(cnn3-c3ccc(S(N)(=O)=O)cc3)c(=O)[nH]2)s1. The van der Waals surface area contributed by atoms with Gasteiger partial charge in [-0.15, -0.1) is 10.2 Å². The first kappa shape index (κ1) is 23.4. The first-order chi connectivity index (χ1) is 15.7. The van der Waals surface area contributed by atoms with Gasteiger partial charge in [0.1, 0.15) is 5.39 Å². The summed E-state index contributed by atoms with van der Waals surface area (Å²) >= 11 is 3.86. The molecule has 1 aromatic carbocycles. The highest BCUT2D eigenvalue weighted by Crippen LogP contribution is 2.25. The van der Waals surface area contributed by atoms with E-state index in [4.69, 9.17) is 5.14 Å². The maximum atomic E-state index is 12.5. The van der Waals surface area contributed by atoms with Crippen LogP contribution in [0.2, 0.25) is 0 Å². The maximum absolute atomic E-state index is 12.5. The summed E-state index contributed by atoms with van der Waals surface area (Å²) in [7, 11) is -3.83. The Morgan fingerprint density at radius 3 is 2.70 bits per heavy atom. The zero-order chi connectivity index (χ0) is 23.6. The molecule has 0 aliphatic carbocycles. The van der Waals surface area contributed by atoms with Gasteiger partial charge in [-0.2, -0.15) is 5.10 Å². The molecular weight excluding hydrogens is 509 g/mol. The minimum Gasteiger partial charge on any atom is -0.301 e. The third-order valence-electron chi connectivity index (χ3n) is 4.09. The van der Waals surface area contributed by atoms with Gasteiger partial charge >= 0.3 is 0 Å². The molecule has 0 unspecified atom stereocenters. The Labute approximate surface area is 199 Å². The number of benzene rings is 1. The fraction of sp³-hybridized carbons (Fsp3) is 0.176. The number of aromatic amines is 1. The number of anilines is 1. The average Bonchev–Trinajstić information content (AvgIpc) is 3.39. The van der Waals surface area contributed by atoms with Crippen molar-refractivity contribution in [3.05, 3.63) is 40.8 Å². The number of H-pyrrole nitrogens is 1. The second-order valence-corrected chi connectivity index (χ2v) is 11.4. The van der Waals surface area contributed by atoms with Crippen LogP contribution in [0.1, 0.15) is 6.92 Å². The Bertz CT molecular complexity index is 1480. The number of nitrogens with one attached hydrogen (secondary N) is 2. The zero-order valence-corrected chi connectivity index (χ0v) is 20.1. The number of carbonyl (C=O) groups is 1. The number of nitrogens with zero attached hydrogens (tertiary/aromatic N) is 5. The van der Waals surface area contributed by atoms with Crippen molar-refractivity contribution < 1.29 is 13.2 Å². The highest BCUT2D eigenvalue weighted by molar-refractivity contribution is 8.01. The van der Waals surface area contributed by atoms with Crippen LogP contribution in [-0.4, -0.2) is 55.8 Å². The highest BCUT2D eigenvalue weighted by Gasteiger charge is 2.15. The van der Waals surface area contributed by atoms with Gasteiger partial charge < -0.3 is 4.98 Å². The summed E-state index contributed by atoms with van der Waals surface area (Å²) in [4.78, 5) is 31.7. The minimum atomic E-state index is -3.83. The van der Waals surface area contributed by atoms with E-state index in [0.29, 0.717) is 10.8 Å². The lowest BCUT2D eigenvalue weighted by Gasteiger charge is -2.05. The van der Waals surface area contributed by atoms with Gasteiger partial charge in [-0.05, 0) is 30.0 Å². The van der Waals surface area contributed by atoms with Crippen LogP contribution in [0.25, 0.3) is 16.7 Å². The summed E-state index contributed by atoms with van der Waals surface area (Å²) in [6, 6.07) is 5.68. The van der Waals surface area contributed by atoms with Crippen LogP contribution in [0.5, 0.6) is 0 Å². The molecule has 0 atom stereocenters. The van der Waals surface area contributed by atoms with Crippen LogP contribution in [0.15, 0.2) is 49.6 Å². The van der Waals surface area contributed by atoms with Gasteiger partial charge in [0.15, 0.2) is 15.1 Å². The number of primary sulfonamides is 1. The molecule has 0 saturated heterocycles. The van der Waals surface area contributed by atoms with Crippen LogP contribution in [0, 0.1) is 0 Å². The number of fused-ring (bicyclic) bond motifs is 1. The maximum Gasteiger partial charge on any atom is 0.262 e. The van der Waals surface area contributed by atoms with E-state index in [0.717, 1.165) is 21.9 Å². The first-order valence-corrected chi connectivity index (χ1v) is 13.6. The van der Waals surface area contributed by atoms with Crippen molar-refractivity contribution in [1.82, 2.24) is 29.9 Å². The summed E-state index contributed by atoms with van der Waals surface area (Å²) in [5, 5.41) is 20.7. The lowest BCUT2D eigenvalue weighted by atomic mass is 10.3. The Morgan fingerprint density at radius 2 is 2.00 bits per heavy atom. The molecule has 0 fully saturated rings. The second-order valence-electron chi connectivity index (χ2n) is 6.35. The predicted molar refractivity (Wildman–Crippen MR) is 127 cm³/mol. The van der Waals surface area contributed by atoms with Gasteiger partial charge in [-0.3, -0.25) is 14.9 Å². The number of hydrogen-bond donors (Lipinski definition) is 3. The largest absolute Gasteiger partial charge is 0.301 e. The van der Waals surface area contributed by atoms with E-state index in [1.807, 2.05) is 6.92 Å². The van der Waals surface area contributed by atoms with Gasteiger partial charge in [0, 0.05) is 0 Å². The Morgan fingerprint density at radius 1 is 1.24 bits per heavy atom. The Hall–Kier alpha value is -2.79. The topological polar surface area (TPSA) is 179 Å². The number of hydrogen-bond acceptors (Lipinski definition) is 11. The normalized spacial score (nSPS) is 11.7. The molecule has 4 N–H and O–H groups in total. The van der Waals surface area contributed by atoms with Crippen LogP contribution >= 0.6 is 34.9 Å². The molecule has 12 nitrogen and oxygen atoms in total. The number of carbonyl (C=O) groups excluding carboxylic acids is 1. The van der Waals surface area contributed by atoms with Gasteiger partial charge in [0.2, 0.25) is 21.1 Å². The van der Waals surface area contributed by atoms with E-state index in [2.05, 4.69) is 30.6 Å². The number of thioether (sulfide) groups is 2. The number of aromatic nitrogens is 6. The van der Waals surface area contributed by atoms with Crippen molar-refractivity contribution in [2.45, 2.75) is 21.3 Å². The lowest BCUT2D eigenvalue weighted by molar-refractivity contribution is -0.113. The predicted octanol–water partition coefficient (Wildman–Crippen LogP) is 1.45. The Kier molecular flexibility index (Phi) is 6.80. The molecule has 3 heterocycles. The Balaban J connectivity index is 1.52. The number of rotatable bonds is 8. The first-order valence-electron chi connectivity index (χ1n) is 9.25. The van der Waals surface area contributed by atoms with Crippen molar-refractivity contribution >= 4 is 67.0 Å². The van der Waals surface area contributed by atoms with Crippen LogP contribution in [0.3, 0.4) is 0 Å². The van der Waals surface area contributed by atoms with Crippen LogP contribution in [0.4, 0.5) is 5.13 Å². The smallest absolute Gasteiger partial charge is 0.262 e. The molecule has 0 saturated carbocycles. The molecule has 33 heavy (non-hydrogen) atoms. The zero-order valence-electron chi connectivity index (χ0n) is 16.9. The lowest BCUT2D eigenvalue weighted by Crippen LogP contribution is -2.15. The van der Waals surface area contributed by atoms with Gasteiger partial charge in [0.25, 0.3) is 5.56 Å². The molecule has 0 aliphatic rings. The summed E-state index contributed by atoms with van der Waals surface area (Å²) in [5.74, 6) is 0.521. The highest BCUT2D eigenvalue weighted by atomic mass is 32.2. The van der Waals surface area contributed by atoms with Crippen molar-refractivity contribution in [2.75, 3.05) is 16.8 Å². The van der Waals surface area contributed by atoms with Crippen molar-refractivity contribution in [2.24, 2.45) is 5.14 Å². The molecule has 0 bridgehead atoms. The average molecular weight is 525 g/mol. The fourth-order valence-corrected chi connectivity index (χ4v) is 5.50. The molecule has 0 spiro atoms. The van der Waals surface area contributed by atoms with Crippen molar-refractivity contribution in [3.63, 3.8) is 0 Å². The van der Waals surface area contributed by atoms with E-state index in [1.165, 1.54) is 58.2 Å². The monoisotopic (exact) mass is 524 g/mol. The molecule has 4 rings (SSSR count). The van der Waals surface area contributed by atoms with E-state index < -0.39 is 15.6 Å². The van der Waals surface area contributed by atoms with E-state index in [9.17, 15) is 18.0 Å². The van der Waals surface area contributed by atoms with E-state index >= 15 is 0 Å². The van der Waals surface area contributed by atoms with Gasteiger partial charge in [-0.25, -0.2) is 23.2 Å². The molecule has 3 aromatic heterocycles. The molecule has 0 radical (unpaired) electrons. The summed E-state index contributed by atoms with van der Waals surface area (Å²) in [6.07, 6.45) is 1.36. The van der Waals surface area contributed by atoms with E-state index in [-0.39, 0.29) is 32.7 Å². The molecule has 172 valence electrons. The summed E-state index contributed by atoms with van der Waals surface area (Å²) in [5.41, 5.74) is 0.331. The van der Waals surface area contributed by atoms with Gasteiger partial charge in [-0.1, -0.05) is 41.8 Å². The minimum absolute atomic E-state index is 0.0124. The molecule has 4 aromatic rings. The van der Waals surface area contributed by atoms with Crippen molar-refractivity contribution in [3.8, 4) is 5.69 Å². The quantitative estimate of drug-likeness (QED) is 0.173. The van der Waals surface area contributed by atoms with E-state index in [1.54, 1.807) is 0 Å². The summed E-state index contributed by atoms with van der Waals surface area (Å²) < 4.78 is 25.1. The van der Waals surface area contributed by atoms with Crippen molar-refractivity contribution in [1.29, 1.82) is 0 Å². The third-order valence-corrected chi connectivity index (χ3v) is 7.74.